The molecular formula is C58H72N2O11. The Balaban J connectivity index is 1.07. The number of hydrogen-bond donors (Lipinski definition) is 7. The number of nitrogens with one attached hydrogen (secondary N) is 2. The Morgan fingerprint density at radius 2 is 1.72 bits per heavy atom. The lowest BCUT2D eigenvalue weighted by Gasteiger charge is -2.92. The Morgan fingerprint density at radius 3 is 2.46 bits per heavy atom. The van der Waals surface area contributed by atoms with E-state index in [2.05, 4.69) is 106 Å². The third kappa shape index (κ3) is 4.35. The summed E-state index contributed by atoms with van der Waals surface area (Å²) in [5.41, 5.74) is -1.77. The first kappa shape index (κ1) is 45.7. The zero-order valence-electron chi connectivity index (χ0n) is 41.9. The maximum Gasteiger partial charge on any atom is 0.335 e. The summed E-state index contributed by atoms with van der Waals surface area (Å²) >= 11 is 0. The van der Waals surface area contributed by atoms with Crippen molar-refractivity contribution >= 4 is 17.8 Å². The van der Waals surface area contributed by atoms with Crippen molar-refractivity contribution in [2.24, 2.45) is 89.7 Å². The fourth-order valence-corrected chi connectivity index (χ4v) is 23.2. The molecule has 0 radical (unpaired) electrons. The normalized spacial score (nSPS) is 55.1. The molecule has 22 atom stereocenters. The van der Waals surface area contributed by atoms with Crippen LogP contribution >= 0.6 is 0 Å². The summed E-state index contributed by atoms with van der Waals surface area (Å²) in [6, 6.07) is -0.414. The van der Waals surface area contributed by atoms with Gasteiger partial charge in [-0.15, -0.1) is 0 Å². The van der Waals surface area contributed by atoms with Crippen LogP contribution in [0, 0.1) is 89.7 Å². The number of aliphatic hydroxyl groups is 3. The summed E-state index contributed by atoms with van der Waals surface area (Å²) in [5.74, 6) is -2.30. The van der Waals surface area contributed by atoms with Crippen LogP contribution in [0.3, 0.4) is 0 Å². The van der Waals surface area contributed by atoms with Gasteiger partial charge in [0.05, 0.1) is 23.5 Å². The monoisotopic (exact) mass is 973 g/mol. The second-order valence-corrected chi connectivity index (χ2v) is 26.4. The number of hydrogen-bond acceptors (Lipinski definition) is 9. The molecule has 2 saturated heterocycles. The molecule has 3 heterocycles. The first-order valence-corrected chi connectivity index (χ1v) is 27.0. The van der Waals surface area contributed by atoms with E-state index in [9.17, 15) is 35.1 Å². The second kappa shape index (κ2) is 13.7. The van der Waals surface area contributed by atoms with Crippen LogP contribution in [0.5, 0.6) is 0 Å². The van der Waals surface area contributed by atoms with Crippen LogP contribution in [0.15, 0.2) is 72.1 Å². The van der Waals surface area contributed by atoms with Crippen LogP contribution in [0.25, 0.3) is 0 Å². The maximum absolute atomic E-state index is 16.4. The van der Waals surface area contributed by atoms with Crippen LogP contribution in [-0.2, 0) is 41.4 Å². The lowest BCUT2D eigenvalue weighted by molar-refractivity contribution is -0.400. The van der Waals surface area contributed by atoms with Crippen LogP contribution in [0.4, 0.5) is 0 Å². The number of allylic oxidation sites excluding steroid dienone is 7. The maximum atomic E-state index is 16.4. The molecule has 6 saturated carbocycles. The molecule has 13 nitrogen and oxygen atoms in total. The van der Waals surface area contributed by atoms with Crippen molar-refractivity contribution in [2.75, 3.05) is 13.7 Å². The van der Waals surface area contributed by atoms with E-state index in [1.807, 2.05) is 0 Å². The number of carbonyl (C=O) groups is 3. The van der Waals surface area contributed by atoms with E-state index in [0.717, 1.165) is 38.5 Å². The van der Waals surface area contributed by atoms with Crippen LogP contribution < -0.4 is 5.32 Å². The highest BCUT2D eigenvalue weighted by Gasteiger charge is 2.95. The van der Waals surface area contributed by atoms with Gasteiger partial charge in [-0.05, 0) is 139 Å². The number of aliphatic carboxylic acids is 2. The van der Waals surface area contributed by atoms with Crippen molar-refractivity contribution < 1.29 is 54.1 Å². The Labute approximate surface area is 415 Å². The number of aromatic amines is 1. The molecule has 11 aliphatic carbocycles. The number of H-pyrrole nitrogens is 1. The molecule has 0 unspecified atom stereocenters. The Kier molecular flexibility index (Phi) is 8.83. The van der Waals surface area contributed by atoms with Gasteiger partial charge in [-0.2, -0.15) is 0 Å². The van der Waals surface area contributed by atoms with Crippen LogP contribution in [0.2, 0.25) is 0 Å². The van der Waals surface area contributed by atoms with Gasteiger partial charge in [-0.1, -0.05) is 88.8 Å². The van der Waals surface area contributed by atoms with Gasteiger partial charge in [0.1, 0.15) is 18.3 Å². The fourth-order valence-electron chi connectivity index (χ4n) is 23.2. The molecule has 0 aromatic carbocycles. The minimum Gasteiger partial charge on any atom is -0.481 e. The molecule has 1 aromatic rings. The number of carboxylic acids is 2. The highest BCUT2D eigenvalue weighted by atomic mass is 16.7. The summed E-state index contributed by atoms with van der Waals surface area (Å²) < 4.78 is 19.1. The Morgan fingerprint density at radius 1 is 0.930 bits per heavy atom. The predicted molar refractivity (Wildman–Crippen MR) is 258 cm³/mol. The predicted octanol–water partition coefficient (Wildman–Crippen LogP) is 6.45. The third-order valence-corrected chi connectivity index (χ3v) is 24.8. The number of rotatable bonds is 9. The smallest absolute Gasteiger partial charge is 0.335 e. The van der Waals surface area contributed by atoms with Crippen molar-refractivity contribution in [2.45, 2.75) is 148 Å². The van der Waals surface area contributed by atoms with Gasteiger partial charge < -0.3 is 50.0 Å². The van der Waals surface area contributed by atoms with E-state index in [1.165, 1.54) is 22.3 Å². The molecule has 8 fully saturated rings. The first-order valence-electron chi connectivity index (χ1n) is 27.0. The lowest BCUT2D eigenvalue weighted by atomic mass is 9.10. The van der Waals surface area contributed by atoms with Gasteiger partial charge in [0, 0.05) is 53.1 Å². The summed E-state index contributed by atoms with van der Waals surface area (Å²) in [6.07, 6.45) is 22.8. The molecule has 1 amide bonds. The molecule has 2 aliphatic heterocycles. The van der Waals surface area contributed by atoms with Crippen molar-refractivity contribution in [3.05, 3.63) is 83.3 Å². The van der Waals surface area contributed by atoms with Gasteiger partial charge in [-0.25, -0.2) is 4.79 Å². The SMILES string of the molecule is CCc1c[nH]cc1C[C@@H]1C=C[C@H]2[C@H]3CC[C@@]45C=C6C=C[C@]78CC[C@@H]9C=C%10[C@@]4(CC[C@@]4(C(=O)O)[C@@H](COC)C[C@]%11(C)CC=C[C@]%104[C@H]%11NC5=O)[C@@]3(C)[C@]69[C@]17[C@@H]2C(C)(C)[C@@H](O[C@@H]1O[C@H](C(=O)O)[C@@H](O)[C@H](O)[C@H]1O)C8. The molecule has 4 spiro atoms. The number of aliphatic hydroxyl groups excluding tert-OH is 3. The van der Waals surface area contributed by atoms with E-state index < -0.39 is 109 Å². The number of ether oxygens (including phenoxy) is 3. The molecule has 13 heteroatoms. The first-order chi connectivity index (χ1) is 33.8. The number of amides is 1. The largest absolute Gasteiger partial charge is 0.481 e. The van der Waals surface area contributed by atoms with E-state index >= 15 is 4.79 Å². The second-order valence-electron chi connectivity index (χ2n) is 26.4. The fraction of sp³-hybridized carbons (Fsp3) is 0.707. The van der Waals surface area contributed by atoms with E-state index in [-0.39, 0.29) is 41.4 Å². The van der Waals surface area contributed by atoms with Gasteiger partial charge >= 0.3 is 11.9 Å². The zero-order valence-corrected chi connectivity index (χ0v) is 41.9. The van der Waals surface area contributed by atoms with Gasteiger partial charge in [-0.3, -0.25) is 9.59 Å². The molecule has 380 valence electrons. The van der Waals surface area contributed by atoms with E-state index in [0.29, 0.717) is 38.7 Å². The number of carbonyl (C=O) groups excluding carboxylic acids is 1. The number of methoxy groups -OCH3 is 1. The van der Waals surface area contributed by atoms with Crippen molar-refractivity contribution in [1.82, 2.24) is 10.3 Å². The zero-order chi connectivity index (χ0) is 49.6. The van der Waals surface area contributed by atoms with Gasteiger partial charge in [0.2, 0.25) is 5.91 Å². The Hall–Kier alpha value is -3.85. The molecule has 14 rings (SSSR count). The summed E-state index contributed by atoms with van der Waals surface area (Å²) in [6.45, 7) is 12.1. The van der Waals surface area contributed by atoms with E-state index in [1.54, 1.807) is 7.11 Å². The standard InChI is InChI=1S/C58H72N2O11/c1-7-29-26-59-27-30(29)21-31-9-10-35-36-13-18-53-24-33-12-17-52-16-11-32-22-37-55-15-8-14-50(4,46(55)60-47(53)66)23-34(28-69-6)54(55,48(67)68)19-20-56(37,53)51(36,5)57(32,33)58(31,52)43(35)49(2,3)38(25-52)70-45-41(63)39(61)40(62)42(71-45)44(64)65/h8-10,12,15,17,22,24,26-27,31-32,34-36,38-43,45-46,59,61-63H,7,11,13-14,16,18-21,23,25,28H2,1-6H3,(H,60,66)(H,64,65)(H,67,68)/t31-,32+,34+,35-,36+,38-,39-,40-,41+,42-,43-,45+,46-,50-,51-,52-,53-,54-,55+,56-,57+,58-/m0/s1. The number of aromatic nitrogens is 1. The van der Waals surface area contributed by atoms with Crippen molar-refractivity contribution in [3.63, 3.8) is 0 Å². The molecule has 1 aromatic heterocycles. The van der Waals surface area contributed by atoms with Crippen molar-refractivity contribution in [3.8, 4) is 0 Å². The topological polar surface area (TPSA) is 208 Å². The number of fused-ring (bicyclic) bond motifs is 1. The molecular weight excluding hydrogens is 901 g/mol. The molecule has 7 N–H and O–H groups in total. The van der Waals surface area contributed by atoms with E-state index in [4.69, 9.17) is 14.2 Å². The lowest BCUT2D eigenvalue weighted by Crippen LogP contribution is -2.89. The summed E-state index contributed by atoms with van der Waals surface area (Å²) in [4.78, 5) is 47.2. The highest BCUT2D eigenvalue weighted by molar-refractivity contribution is 5.92. The third-order valence-electron chi connectivity index (χ3n) is 24.8. The minimum atomic E-state index is -1.83. The van der Waals surface area contributed by atoms with Crippen LogP contribution in [-0.4, -0.2) is 105 Å². The summed E-state index contributed by atoms with van der Waals surface area (Å²) in [5, 5.41) is 59.6. The van der Waals surface area contributed by atoms with Crippen LogP contribution in [0.1, 0.15) is 104 Å². The Bertz CT molecular complexity index is 2760. The average molecular weight is 973 g/mol. The minimum absolute atomic E-state index is 0.00908. The van der Waals surface area contributed by atoms with Gasteiger partial charge in [0.15, 0.2) is 12.4 Å². The number of carboxylic acid groups (broad SMARTS) is 2. The molecule has 71 heavy (non-hydrogen) atoms. The summed E-state index contributed by atoms with van der Waals surface area (Å²) in [7, 11) is 1.70. The number of aryl methyl sites for hydroxylation is 1. The molecule has 13 aliphatic rings. The average Bonchev–Trinajstić information content (AvgIpc) is 3.77. The van der Waals surface area contributed by atoms with Crippen molar-refractivity contribution in [1.29, 1.82) is 0 Å². The highest BCUT2D eigenvalue weighted by Crippen LogP contribution is 2.98. The van der Waals surface area contributed by atoms with Gasteiger partial charge in [0.25, 0.3) is 0 Å². The quantitative estimate of drug-likeness (QED) is 0.106. The molecule has 9 bridgehead atoms.